The van der Waals surface area contributed by atoms with Gasteiger partial charge in [0, 0.05) is 17.5 Å². The molecule has 150 valence electrons. The number of aromatic amines is 1. The number of nitrogens with two attached hydrogens (primary N) is 2. The number of halogens is 1. The lowest BCUT2D eigenvalue weighted by Crippen LogP contribution is -2.17. The summed E-state index contributed by atoms with van der Waals surface area (Å²) in [4.78, 5) is 20.3. The molecule has 0 radical (unpaired) electrons. The molecule has 0 spiro atoms. The number of primary amides is 1. The molecule has 0 fully saturated rings. The van der Waals surface area contributed by atoms with Gasteiger partial charge in [0.25, 0.3) is 5.91 Å². The predicted octanol–water partition coefficient (Wildman–Crippen LogP) is 2.30. The fourth-order valence-corrected chi connectivity index (χ4v) is 4.19. The Morgan fingerprint density at radius 2 is 2.03 bits per heavy atom. The summed E-state index contributed by atoms with van der Waals surface area (Å²) in [5, 5.41) is 17.7. The number of carbonyl (C=O) groups is 1. The minimum atomic E-state index is -1.07. The monoisotopic (exact) mass is 404 g/mol. The fraction of sp³-hybridized carbons (Fsp3) is 0.143. The van der Waals surface area contributed by atoms with Gasteiger partial charge in [0.05, 0.1) is 22.3 Å². The number of carbonyl (C=O) groups excluding carboxylic acids is 1. The van der Waals surface area contributed by atoms with E-state index in [1.807, 2.05) is 24.3 Å². The van der Waals surface area contributed by atoms with Crippen LogP contribution in [-0.2, 0) is 6.42 Å². The maximum Gasteiger partial charge on any atom is 0.251 e. The lowest BCUT2D eigenvalue weighted by Gasteiger charge is -2.17. The van der Waals surface area contributed by atoms with E-state index in [0.717, 1.165) is 11.1 Å². The number of hydrogen-bond acceptors (Lipinski definition) is 6. The van der Waals surface area contributed by atoms with Gasteiger partial charge in [-0.05, 0) is 29.7 Å². The molecule has 2 unspecified atom stereocenters. The number of hydrogen-bond donors (Lipinski definition) is 4. The number of nitrogens with zero attached hydrogens (tertiary/aromatic N) is 3. The van der Waals surface area contributed by atoms with Crippen molar-refractivity contribution in [2.75, 3.05) is 0 Å². The Bertz CT molecular complexity index is 1320. The molecule has 9 heteroatoms. The van der Waals surface area contributed by atoms with Crippen LogP contribution in [0.2, 0.25) is 0 Å². The summed E-state index contributed by atoms with van der Waals surface area (Å²) >= 11 is 0. The molecule has 2 atom stereocenters. The van der Waals surface area contributed by atoms with E-state index < -0.39 is 23.0 Å². The molecule has 5 rings (SSSR count). The second kappa shape index (κ2) is 6.60. The normalized spacial score (nSPS) is 17.9. The van der Waals surface area contributed by atoms with Gasteiger partial charge >= 0.3 is 0 Å². The molecular weight excluding hydrogens is 387 g/mol. The van der Waals surface area contributed by atoms with Gasteiger partial charge in [-0.3, -0.25) is 9.89 Å². The molecule has 0 saturated carbocycles. The number of aromatic hydroxyl groups is 1. The van der Waals surface area contributed by atoms with Crippen LogP contribution in [-0.4, -0.2) is 31.2 Å². The summed E-state index contributed by atoms with van der Waals surface area (Å²) in [5.74, 6) is -2.86. The van der Waals surface area contributed by atoms with Crippen molar-refractivity contribution >= 4 is 16.9 Å². The van der Waals surface area contributed by atoms with Gasteiger partial charge in [0.2, 0.25) is 0 Å². The first kappa shape index (κ1) is 18.2. The number of phenols is 1. The highest BCUT2D eigenvalue weighted by molar-refractivity contribution is 5.98. The van der Waals surface area contributed by atoms with Crippen molar-refractivity contribution in [3.8, 4) is 17.0 Å². The lowest BCUT2D eigenvalue weighted by molar-refractivity contribution is 0.0995. The standard InChI is InChI=1S/C21H17FN6O2/c22-16-12(20(24)30)6-10(7-14(16)29)18-15-19(25-8-26-21(15)28-27-18)13-5-9-3-1-2-4-11(9)17(13)23/h1-4,6-8,13,17,29H,5,23H2,(H2,24,30)(H,25,26,27,28). The van der Waals surface area contributed by atoms with Crippen LogP contribution in [0.4, 0.5) is 4.39 Å². The van der Waals surface area contributed by atoms with Crippen molar-refractivity contribution in [3.05, 3.63) is 70.9 Å². The molecule has 1 aliphatic rings. The van der Waals surface area contributed by atoms with E-state index in [9.17, 15) is 14.3 Å². The summed E-state index contributed by atoms with van der Waals surface area (Å²) in [5.41, 5.74) is 15.5. The van der Waals surface area contributed by atoms with Gasteiger partial charge in [-0.1, -0.05) is 24.3 Å². The molecule has 0 bridgehead atoms. The zero-order valence-electron chi connectivity index (χ0n) is 15.6. The van der Waals surface area contributed by atoms with Crippen LogP contribution in [0.25, 0.3) is 22.3 Å². The quantitative estimate of drug-likeness (QED) is 0.412. The summed E-state index contributed by atoms with van der Waals surface area (Å²) in [6.45, 7) is 0. The first-order chi connectivity index (χ1) is 14.5. The molecule has 4 aromatic rings. The van der Waals surface area contributed by atoms with Crippen molar-refractivity contribution in [2.45, 2.75) is 18.4 Å². The zero-order chi connectivity index (χ0) is 21.0. The van der Waals surface area contributed by atoms with Gasteiger partial charge in [-0.2, -0.15) is 5.10 Å². The van der Waals surface area contributed by atoms with Crippen molar-refractivity contribution in [3.63, 3.8) is 0 Å². The predicted molar refractivity (Wildman–Crippen MR) is 107 cm³/mol. The zero-order valence-corrected chi connectivity index (χ0v) is 15.6. The molecule has 0 aliphatic heterocycles. The van der Waals surface area contributed by atoms with Crippen LogP contribution in [0, 0.1) is 5.82 Å². The fourth-order valence-electron chi connectivity index (χ4n) is 4.19. The number of phenolic OH excluding ortho intramolecular Hbond substituents is 1. The van der Waals surface area contributed by atoms with Gasteiger partial charge in [0.15, 0.2) is 17.2 Å². The lowest BCUT2D eigenvalue weighted by atomic mass is 9.93. The van der Waals surface area contributed by atoms with E-state index in [0.29, 0.717) is 34.4 Å². The molecule has 2 aromatic heterocycles. The minimum absolute atomic E-state index is 0.117. The van der Waals surface area contributed by atoms with Crippen LogP contribution in [0.15, 0.2) is 42.7 Å². The van der Waals surface area contributed by atoms with E-state index in [1.54, 1.807) is 0 Å². The molecule has 1 aliphatic carbocycles. The Balaban J connectivity index is 1.70. The smallest absolute Gasteiger partial charge is 0.251 e. The molecule has 0 saturated heterocycles. The Morgan fingerprint density at radius 1 is 1.23 bits per heavy atom. The van der Waals surface area contributed by atoms with Gasteiger partial charge in [-0.15, -0.1) is 0 Å². The average molecular weight is 404 g/mol. The van der Waals surface area contributed by atoms with Crippen LogP contribution >= 0.6 is 0 Å². The summed E-state index contributed by atoms with van der Waals surface area (Å²) in [7, 11) is 0. The topological polar surface area (TPSA) is 144 Å². The largest absolute Gasteiger partial charge is 0.505 e. The Labute approximate surface area is 169 Å². The number of H-pyrrole nitrogens is 1. The molecule has 30 heavy (non-hydrogen) atoms. The number of amides is 1. The Morgan fingerprint density at radius 3 is 2.80 bits per heavy atom. The SMILES string of the molecule is NC(=O)c1cc(-c2[nH]nc3ncnc(C4Cc5ccccc5C4N)c23)cc(O)c1F. The maximum absolute atomic E-state index is 14.1. The molecule has 1 amide bonds. The number of benzene rings is 2. The molecule has 6 N–H and O–H groups in total. The highest BCUT2D eigenvalue weighted by atomic mass is 19.1. The van der Waals surface area contributed by atoms with Gasteiger partial charge in [-0.25, -0.2) is 14.4 Å². The van der Waals surface area contributed by atoms with Crippen LogP contribution in [0.3, 0.4) is 0 Å². The van der Waals surface area contributed by atoms with E-state index in [1.165, 1.54) is 18.5 Å². The van der Waals surface area contributed by atoms with Crippen molar-refractivity contribution in [1.82, 2.24) is 20.2 Å². The Kier molecular flexibility index (Phi) is 4.00. The van der Waals surface area contributed by atoms with Crippen molar-refractivity contribution in [2.24, 2.45) is 11.5 Å². The molecule has 2 aromatic carbocycles. The van der Waals surface area contributed by atoms with E-state index in [-0.39, 0.29) is 12.0 Å². The maximum atomic E-state index is 14.1. The second-order valence-electron chi connectivity index (χ2n) is 7.31. The second-order valence-corrected chi connectivity index (χ2v) is 7.31. The third-order valence-electron chi connectivity index (χ3n) is 5.63. The molecule has 8 nitrogen and oxygen atoms in total. The third-order valence-corrected chi connectivity index (χ3v) is 5.63. The average Bonchev–Trinajstić information content (AvgIpc) is 3.31. The highest BCUT2D eigenvalue weighted by Crippen LogP contribution is 2.43. The third kappa shape index (κ3) is 2.63. The van der Waals surface area contributed by atoms with E-state index in [4.69, 9.17) is 11.5 Å². The van der Waals surface area contributed by atoms with Gasteiger partial charge < -0.3 is 16.6 Å². The first-order valence-corrected chi connectivity index (χ1v) is 9.30. The number of rotatable bonds is 3. The first-order valence-electron chi connectivity index (χ1n) is 9.30. The molecule has 2 heterocycles. The summed E-state index contributed by atoms with van der Waals surface area (Å²) < 4.78 is 14.1. The van der Waals surface area contributed by atoms with Crippen molar-refractivity contribution in [1.29, 1.82) is 0 Å². The van der Waals surface area contributed by atoms with Crippen LogP contribution in [0.5, 0.6) is 5.75 Å². The number of nitrogens with one attached hydrogen (secondary N) is 1. The number of aromatic nitrogens is 4. The summed E-state index contributed by atoms with van der Waals surface area (Å²) in [6.07, 6.45) is 2.13. The van der Waals surface area contributed by atoms with E-state index >= 15 is 0 Å². The van der Waals surface area contributed by atoms with Crippen LogP contribution in [0.1, 0.15) is 39.1 Å². The minimum Gasteiger partial charge on any atom is -0.505 e. The molecular formula is C21H17FN6O2. The summed E-state index contributed by atoms with van der Waals surface area (Å²) in [6, 6.07) is 10.2. The van der Waals surface area contributed by atoms with Crippen molar-refractivity contribution < 1.29 is 14.3 Å². The van der Waals surface area contributed by atoms with Crippen LogP contribution < -0.4 is 11.5 Å². The highest BCUT2D eigenvalue weighted by Gasteiger charge is 2.34. The van der Waals surface area contributed by atoms with Gasteiger partial charge in [0.1, 0.15) is 6.33 Å². The number of fused-ring (bicyclic) bond motifs is 2. The Hall–Kier alpha value is -3.85. The van der Waals surface area contributed by atoms with E-state index in [2.05, 4.69) is 20.2 Å².